The SMILES string of the molecule is O=S(=O)(CCCCO)NCC1CCOCC1. The predicted molar refractivity (Wildman–Crippen MR) is 61.7 cm³/mol. The Balaban J connectivity index is 2.18. The maximum absolute atomic E-state index is 11.5. The highest BCUT2D eigenvalue weighted by Crippen LogP contribution is 2.13. The number of aliphatic hydroxyl groups excluding tert-OH is 1. The molecule has 0 radical (unpaired) electrons. The zero-order chi connectivity index (χ0) is 11.9. The smallest absolute Gasteiger partial charge is 0.211 e. The van der Waals surface area contributed by atoms with E-state index in [9.17, 15) is 8.42 Å². The summed E-state index contributed by atoms with van der Waals surface area (Å²) < 4.78 is 30.9. The number of unbranched alkanes of at least 4 members (excludes halogenated alkanes) is 1. The molecule has 0 aliphatic carbocycles. The summed E-state index contributed by atoms with van der Waals surface area (Å²) in [7, 11) is -3.16. The number of ether oxygens (including phenoxy) is 1. The highest BCUT2D eigenvalue weighted by Gasteiger charge is 2.17. The molecular formula is C10H21NO4S. The Morgan fingerprint density at radius 2 is 1.94 bits per heavy atom. The normalized spacial score (nSPS) is 18.8. The Kier molecular flexibility index (Phi) is 6.26. The summed E-state index contributed by atoms with van der Waals surface area (Å²) in [5, 5.41) is 8.57. The monoisotopic (exact) mass is 251 g/mol. The minimum Gasteiger partial charge on any atom is -0.396 e. The van der Waals surface area contributed by atoms with Crippen LogP contribution in [-0.2, 0) is 14.8 Å². The maximum Gasteiger partial charge on any atom is 0.211 e. The van der Waals surface area contributed by atoms with Crippen molar-refractivity contribution in [3.8, 4) is 0 Å². The third-order valence-electron chi connectivity index (χ3n) is 2.75. The summed E-state index contributed by atoms with van der Waals surface area (Å²) >= 11 is 0. The average molecular weight is 251 g/mol. The van der Waals surface area contributed by atoms with Crippen LogP contribution in [0.25, 0.3) is 0 Å². The van der Waals surface area contributed by atoms with Gasteiger partial charge >= 0.3 is 0 Å². The standard InChI is InChI=1S/C10H21NO4S/c12-5-1-2-8-16(13,14)11-9-10-3-6-15-7-4-10/h10-12H,1-9H2. The van der Waals surface area contributed by atoms with Crippen molar-refractivity contribution in [1.82, 2.24) is 4.72 Å². The largest absolute Gasteiger partial charge is 0.396 e. The second kappa shape index (κ2) is 7.21. The van der Waals surface area contributed by atoms with Gasteiger partial charge in [-0.3, -0.25) is 0 Å². The predicted octanol–water partition coefficient (Wildman–Crippen LogP) is 0.105. The van der Waals surface area contributed by atoms with Crippen LogP contribution in [-0.4, -0.2) is 45.6 Å². The van der Waals surface area contributed by atoms with Gasteiger partial charge in [0.15, 0.2) is 0 Å². The quantitative estimate of drug-likeness (QED) is 0.630. The van der Waals surface area contributed by atoms with Crippen molar-refractivity contribution >= 4 is 10.0 Å². The van der Waals surface area contributed by atoms with Crippen molar-refractivity contribution in [2.24, 2.45) is 5.92 Å². The van der Waals surface area contributed by atoms with E-state index in [1.165, 1.54) is 0 Å². The molecule has 0 aromatic rings. The van der Waals surface area contributed by atoms with Crippen molar-refractivity contribution in [1.29, 1.82) is 0 Å². The van der Waals surface area contributed by atoms with Crippen molar-refractivity contribution in [3.05, 3.63) is 0 Å². The van der Waals surface area contributed by atoms with Gasteiger partial charge in [0, 0.05) is 26.4 Å². The Bertz CT molecular complexity index is 273. The highest BCUT2D eigenvalue weighted by molar-refractivity contribution is 7.89. The number of sulfonamides is 1. The minimum atomic E-state index is -3.16. The topological polar surface area (TPSA) is 75.6 Å². The highest BCUT2D eigenvalue weighted by atomic mass is 32.2. The fraction of sp³-hybridized carbons (Fsp3) is 1.00. The van der Waals surface area contributed by atoms with Crippen LogP contribution >= 0.6 is 0 Å². The Labute approximate surface area is 97.2 Å². The van der Waals surface area contributed by atoms with E-state index in [2.05, 4.69) is 4.72 Å². The van der Waals surface area contributed by atoms with Crippen molar-refractivity contribution < 1.29 is 18.3 Å². The third kappa shape index (κ3) is 5.79. The van der Waals surface area contributed by atoms with Crippen LogP contribution in [0.3, 0.4) is 0 Å². The molecule has 0 aromatic heterocycles. The molecule has 2 N–H and O–H groups in total. The lowest BCUT2D eigenvalue weighted by Crippen LogP contribution is -2.33. The number of rotatable bonds is 7. The molecule has 0 amide bonds. The van der Waals surface area contributed by atoms with Crippen LogP contribution in [0.4, 0.5) is 0 Å². The lowest BCUT2D eigenvalue weighted by molar-refractivity contribution is 0.0678. The van der Waals surface area contributed by atoms with Crippen LogP contribution in [0.2, 0.25) is 0 Å². The number of hydrogen-bond donors (Lipinski definition) is 2. The molecular weight excluding hydrogens is 230 g/mol. The van der Waals surface area contributed by atoms with Gasteiger partial charge in [0.25, 0.3) is 0 Å². The Hall–Kier alpha value is -0.170. The van der Waals surface area contributed by atoms with Crippen LogP contribution < -0.4 is 4.72 Å². The lowest BCUT2D eigenvalue weighted by Gasteiger charge is -2.22. The number of hydrogen-bond acceptors (Lipinski definition) is 4. The van der Waals surface area contributed by atoms with Gasteiger partial charge in [-0.05, 0) is 31.6 Å². The molecule has 6 heteroatoms. The van der Waals surface area contributed by atoms with Gasteiger partial charge in [0.1, 0.15) is 0 Å². The van der Waals surface area contributed by atoms with Crippen LogP contribution in [0, 0.1) is 5.92 Å². The van der Waals surface area contributed by atoms with Crippen molar-refractivity contribution in [2.45, 2.75) is 25.7 Å². The van der Waals surface area contributed by atoms with Gasteiger partial charge in [-0.2, -0.15) is 0 Å². The molecule has 0 unspecified atom stereocenters. The summed E-state index contributed by atoms with van der Waals surface area (Å²) in [5.74, 6) is 0.512. The first-order chi connectivity index (χ1) is 7.64. The molecule has 0 aromatic carbocycles. The van der Waals surface area contributed by atoms with Crippen LogP contribution in [0.5, 0.6) is 0 Å². The number of aliphatic hydroxyl groups is 1. The molecule has 0 spiro atoms. The Morgan fingerprint density at radius 1 is 1.25 bits per heavy atom. The third-order valence-corrected chi connectivity index (χ3v) is 4.19. The summed E-state index contributed by atoms with van der Waals surface area (Å²) in [5.41, 5.74) is 0. The zero-order valence-corrected chi connectivity index (χ0v) is 10.3. The van der Waals surface area contributed by atoms with E-state index >= 15 is 0 Å². The first-order valence-electron chi connectivity index (χ1n) is 5.80. The van der Waals surface area contributed by atoms with Crippen LogP contribution in [0.15, 0.2) is 0 Å². The summed E-state index contributed by atoms with van der Waals surface area (Å²) in [6, 6.07) is 0. The van der Waals surface area contributed by atoms with Gasteiger partial charge in [0.2, 0.25) is 10.0 Å². The summed E-state index contributed by atoms with van der Waals surface area (Å²) in [6.07, 6.45) is 2.91. The maximum atomic E-state index is 11.5. The van der Waals surface area contributed by atoms with E-state index in [4.69, 9.17) is 9.84 Å². The van der Waals surface area contributed by atoms with Gasteiger partial charge in [-0.1, -0.05) is 0 Å². The van der Waals surface area contributed by atoms with Crippen molar-refractivity contribution in [3.63, 3.8) is 0 Å². The van der Waals surface area contributed by atoms with Crippen LogP contribution in [0.1, 0.15) is 25.7 Å². The first-order valence-corrected chi connectivity index (χ1v) is 7.45. The second-order valence-corrected chi connectivity index (χ2v) is 6.08. The first kappa shape index (κ1) is 13.9. The van der Waals surface area contributed by atoms with E-state index in [0.717, 1.165) is 26.1 Å². The zero-order valence-electron chi connectivity index (χ0n) is 9.52. The molecule has 0 saturated carbocycles. The van der Waals surface area contributed by atoms with E-state index < -0.39 is 10.0 Å². The molecule has 96 valence electrons. The molecule has 5 nitrogen and oxygen atoms in total. The van der Waals surface area contributed by atoms with E-state index in [-0.39, 0.29) is 12.4 Å². The van der Waals surface area contributed by atoms with Crippen molar-refractivity contribution in [2.75, 3.05) is 32.1 Å². The molecule has 1 aliphatic rings. The van der Waals surface area contributed by atoms with E-state index in [0.29, 0.717) is 25.3 Å². The minimum absolute atomic E-state index is 0.0511. The van der Waals surface area contributed by atoms with Gasteiger partial charge in [0.05, 0.1) is 5.75 Å². The molecule has 0 bridgehead atoms. The molecule has 1 fully saturated rings. The molecule has 1 rings (SSSR count). The second-order valence-electron chi connectivity index (χ2n) is 4.15. The fourth-order valence-corrected chi connectivity index (χ4v) is 2.89. The average Bonchev–Trinajstić information content (AvgIpc) is 2.28. The fourth-order valence-electron chi connectivity index (χ4n) is 1.67. The summed E-state index contributed by atoms with van der Waals surface area (Å²) in [4.78, 5) is 0. The summed E-state index contributed by atoms with van der Waals surface area (Å²) in [6.45, 7) is 2.04. The van der Waals surface area contributed by atoms with Gasteiger partial charge in [-0.15, -0.1) is 0 Å². The van der Waals surface area contributed by atoms with Gasteiger partial charge in [-0.25, -0.2) is 13.1 Å². The number of nitrogens with one attached hydrogen (secondary N) is 1. The Morgan fingerprint density at radius 3 is 2.56 bits per heavy atom. The van der Waals surface area contributed by atoms with E-state index in [1.807, 2.05) is 0 Å². The van der Waals surface area contributed by atoms with E-state index in [1.54, 1.807) is 0 Å². The molecule has 1 saturated heterocycles. The molecule has 1 aliphatic heterocycles. The van der Waals surface area contributed by atoms with Gasteiger partial charge < -0.3 is 9.84 Å². The molecule has 0 atom stereocenters. The lowest BCUT2D eigenvalue weighted by atomic mass is 10.0. The molecule has 1 heterocycles. The molecule has 16 heavy (non-hydrogen) atoms.